The summed E-state index contributed by atoms with van der Waals surface area (Å²) in [6.07, 6.45) is -4.91. The third-order valence-electron chi connectivity index (χ3n) is 3.96. The van der Waals surface area contributed by atoms with Crippen molar-refractivity contribution in [1.82, 2.24) is 0 Å². The molecule has 0 spiro atoms. The van der Waals surface area contributed by atoms with Crippen LogP contribution >= 0.6 is 12.2 Å². The number of ether oxygens (including phenoxy) is 2. The average molecular weight is 401 g/mol. The molecule has 0 fully saturated rings. The van der Waals surface area contributed by atoms with Gasteiger partial charge >= 0.3 is 0 Å². The third kappa shape index (κ3) is 5.32. The predicted octanol–water partition coefficient (Wildman–Crippen LogP) is 6.05. The second kappa shape index (κ2) is 9.55. The Balaban J connectivity index is 2.35. The number of halogens is 4. The van der Waals surface area contributed by atoms with Crippen LogP contribution < -0.4 is 10.1 Å². The van der Waals surface area contributed by atoms with Crippen molar-refractivity contribution in [2.75, 3.05) is 12.4 Å². The second-order valence-electron chi connectivity index (χ2n) is 5.61. The monoisotopic (exact) mass is 401 g/mol. The van der Waals surface area contributed by atoms with Crippen LogP contribution in [-0.2, 0) is 17.8 Å². The van der Waals surface area contributed by atoms with Gasteiger partial charge in [0.2, 0.25) is 0 Å². The maximum absolute atomic E-state index is 13.4. The number of rotatable bonds is 7. The third-order valence-corrected chi connectivity index (χ3v) is 4.23. The molecule has 0 aromatic heterocycles. The Kier molecular flexibility index (Phi) is 7.41. The summed E-state index contributed by atoms with van der Waals surface area (Å²) in [6.45, 7) is 1.51. The molecule has 0 radical (unpaired) electrons. The molecule has 0 aliphatic heterocycles. The predicted molar refractivity (Wildman–Crippen MR) is 99.7 cm³/mol. The van der Waals surface area contributed by atoms with E-state index in [1.165, 1.54) is 37.4 Å². The highest BCUT2D eigenvalue weighted by atomic mass is 32.1. The van der Waals surface area contributed by atoms with E-state index in [1.54, 1.807) is 6.07 Å². The lowest BCUT2D eigenvalue weighted by Gasteiger charge is -2.18. The van der Waals surface area contributed by atoms with Crippen LogP contribution in [0.1, 0.15) is 42.0 Å². The number of benzene rings is 2. The first-order valence-electron chi connectivity index (χ1n) is 8.16. The van der Waals surface area contributed by atoms with Gasteiger partial charge < -0.3 is 14.8 Å². The van der Waals surface area contributed by atoms with Crippen LogP contribution in [0.15, 0.2) is 36.4 Å². The first-order chi connectivity index (χ1) is 12.9. The van der Waals surface area contributed by atoms with Gasteiger partial charge in [-0.1, -0.05) is 25.1 Å². The summed E-state index contributed by atoms with van der Waals surface area (Å²) < 4.78 is 63.8. The smallest absolute Gasteiger partial charge is 0.267 e. The Hall–Kier alpha value is -2.35. The number of alkyl halides is 4. The summed E-state index contributed by atoms with van der Waals surface area (Å²) in [5.74, 6) is -0.0495. The summed E-state index contributed by atoms with van der Waals surface area (Å²) in [6, 6.07) is 8.67. The van der Waals surface area contributed by atoms with Crippen molar-refractivity contribution in [2.45, 2.75) is 32.8 Å². The second-order valence-corrected chi connectivity index (χ2v) is 5.98. The molecule has 2 aromatic rings. The van der Waals surface area contributed by atoms with Crippen molar-refractivity contribution in [3.63, 3.8) is 0 Å². The lowest BCUT2D eigenvalue weighted by Crippen LogP contribution is -2.14. The Bertz CT molecular complexity index is 799. The standard InChI is InChI=1S/C19H19F4NO2S/c1-3-11-7-8-16(13(9-11)18(22)23)26-10-14-12(17(20)21)5-4-6-15(14)24-19(27)25-2/h4-9,17-18H,3,10H2,1-2H3,(H,24,27). The molecule has 3 nitrogen and oxygen atoms in total. The fourth-order valence-corrected chi connectivity index (χ4v) is 2.63. The van der Waals surface area contributed by atoms with Gasteiger partial charge in [0.15, 0.2) is 0 Å². The summed E-state index contributed by atoms with van der Waals surface area (Å²) in [4.78, 5) is 0. The van der Waals surface area contributed by atoms with Gasteiger partial charge in [-0.15, -0.1) is 0 Å². The topological polar surface area (TPSA) is 30.5 Å². The minimum Gasteiger partial charge on any atom is -0.488 e. The zero-order valence-corrected chi connectivity index (χ0v) is 15.6. The molecule has 0 saturated heterocycles. The van der Waals surface area contributed by atoms with Crippen LogP contribution in [-0.4, -0.2) is 12.3 Å². The van der Waals surface area contributed by atoms with E-state index >= 15 is 0 Å². The molecule has 0 saturated carbocycles. The molecule has 27 heavy (non-hydrogen) atoms. The number of hydrogen-bond donors (Lipinski definition) is 1. The normalized spacial score (nSPS) is 11.0. The Morgan fingerprint density at radius 3 is 2.37 bits per heavy atom. The zero-order valence-electron chi connectivity index (χ0n) is 14.8. The van der Waals surface area contributed by atoms with E-state index in [1.807, 2.05) is 6.92 Å². The minimum absolute atomic E-state index is 0.0109. The van der Waals surface area contributed by atoms with Crippen LogP contribution in [0.4, 0.5) is 23.2 Å². The van der Waals surface area contributed by atoms with Gasteiger partial charge in [-0.3, -0.25) is 0 Å². The van der Waals surface area contributed by atoms with E-state index in [0.717, 1.165) is 5.56 Å². The van der Waals surface area contributed by atoms with Crippen molar-refractivity contribution < 1.29 is 27.0 Å². The summed E-state index contributed by atoms with van der Waals surface area (Å²) >= 11 is 4.91. The zero-order chi connectivity index (χ0) is 20.0. The molecule has 146 valence electrons. The number of nitrogens with one attached hydrogen (secondary N) is 1. The van der Waals surface area contributed by atoms with Gasteiger partial charge in [0.25, 0.3) is 18.0 Å². The van der Waals surface area contributed by atoms with E-state index < -0.39 is 12.9 Å². The molecular weight excluding hydrogens is 382 g/mol. The highest BCUT2D eigenvalue weighted by molar-refractivity contribution is 7.80. The molecule has 0 amide bonds. The molecule has 0 atom stereocenters. The Morgan fingerprint density at radius 2 is 1.78 bits per heavy atom. The molecule has 0 aliphatic carbocycles. The fraction of sp³-hybridized carbons (Fsp3) is 0.316. The number of methoxy groups -OCH3 is 1. The van der Waals surface area contributed by atoms with Crippen LogP contribution in [0.2, 0.25) is 0 Å². The number of hydrogen-bond acceptors (Lipinski definition) is 3. The van der Waals surface area contributed by atoms with Crippen molar-refractivity contribution in [3.05, 3.63) is 58.7 Å². The maximum atomic E-state index is 13.4. The summed E-state index contributed by atoms with van der Waals surface area (Å²) in [5, 5.41) is 2.68. The van der Waals surface area contributed by atoms with Crippen molar-refractivity contribution in [1.29, 1.82) is 0 Å². The van der Waals surface area contributed by atoms with E-state index in [2.05, 4.69) is 5.32 Å². The summed E-state index contributed by atoms with van der Waals surface area (Å²) in [7, 11) is 1.34. The molecule has 0 heterocycles. The molecule has 8 heteroatoms. The van der Waals surface area contributed by atoms with Gasteiger partial charge in [0, 0.05) is 16.8 Å². The molecule has 1 N–H and O–H groups in total. The highest BCUT2D eigenvalue weighted by Crippen LogP contribution is 2.33. The first-order valence-corrected chi connectivity index (χ1v) is 8.56. The van der Waals surface area contributed by atoms with Gasteiger partial charge in [0.05, 0.1) is 12.7 Å². The van der Waals surface area contributed by atoms with Crippen LogP contribution in [0.3, 0.4) is 0 Å². The molecule has 2 rings (SSSR count). The van der Waals surface area contributed by atoms with Crippen LogP contribution in [0.5, 0.6) is 5.75 Å². The van der Waals surface area contributed by atoms with E-state index in [0.29, 0.717) is 6.42 Å². The molecule has 0 bridgehead atoms. The van der Waals surface area contributed by atoms with Crippen LogP contribution in [0.25, 0.3) is 0 Å². The largest absolute Gasteiger partial charge is 0.488 e. The van der Waals surface area contributed by atoms with Gasteiger partial charge in [0.1, 0.15) is 12.4 Å². The average Bonchev–Trinajstić information content (AvgIpc) is 2.66. The SMILES string of the molecule is CCc1ccc(OCc2c(NC(=S)OC)cccc2C(F)F)c(C(F)F)c1. The van der Waals surface area contributed by atoms with Crippen LogP contribution in [0, 0.1) is 0 Å². The lowest BCUT2D eigenvalue weighted by atomic mass is 10.1. The quantitative estimate of drug-likeness (QED) is 0.452. The highest BCUT2D eigenvalue weighted by Gasteiger charge is 2.20. The lowest BCUT2D eigenvalue weighted by molar-refractivity contribution is 0.141. The van der Waals surface area contributed by atoms with Crippen molar-refractivity contribution >= 4 is 23.1 Å². The Morgan fingerprint density at radius 1 is 1.07 bits per heavy atom. The molecule has 2 aromatic carbocycles. The maximum Gasteiger partial charge on any atom is 0.267 e. The summed E-state index contributed by atoms with van der Waals surface area (Å²) in [5.41, 5.74) is 0.571. The number of aryl methyl sites for hydroxylation is 1. The number of anilines is 1. The fourth-order valence-electron chi connectivity index (χ4n) is 2.52. The Labute approximate surface area is 160 Å². The van der Waals surface area contributed by atoms with Gasteiger partial charge in [-0.05, 0) is 42.4 Å². The first kappa shape index (κ1) is 21.0. The van der Waals surface area contributed by atoms with Gasteiger partial charge in [-0.2, -0.15) is 0 Å². The number of thiocarbonyl (C=S) groups is 1. The minimum atomic E-state index is -2.77. The van der Waals surface area contributed by atoms with Crippen molar-refractivity contribution in [3.8, 4) is 5.75 Å². The molecule has 0 unspecified atom stereocenters. The van der Waals surface area contributed by atoms with E-state index in [-0.39, 0.29) is 39.9 Å². The van der Waals surface area contributed by atoms with Gasteiger partial charge in [-0.25, -0.2) is 17.6 Å². The molecule has 0 aliphatic rings. The van der Waals surface area contributed by atoms with Crippen molar-refractivity contribution in [2.24, 2.45) is 0 Å². The van der Waals surface area contributed by atoms with E-state index in [9.17, 15) is 17.6 Å². The van der Waals surface area contributed by atoms with E-state index in [4.69, 9.17) is 21.7 Å². The molecular formula is C19H19F4NO2S.